The van der Waals surface area contributed by atoms with Crippen molar-refractivity contribution in [3.8, 4) is 0 Å². The summed E-state index contributed by atoms with van der Waals surface area (Å²) < 4.78 is 0.884. The summed E-state index contributed by atoms with van der Waals surface area (Å²) >= 11 is 7.62. The van der Waals surface area contributed by atoms with Crippen LogP contribution in [0.5, 0.6) is 0 Å². The number of rotatable bonds is 2. The van der Waals surface area contributed by atoms with Gasteiger partial charge >= 0.3 is 0 Å². The van der Waals surface area contributed by atoms with Crippen molar-refractivity contribution < 1.29 is 0 Å². The zero-order valence-electron chi connectivity index (χ0n) is 10.1. The molecule has 0 amide bonds. The molecule has 1 atom stereocenters. The minimum absolute atomic E-state index is 0.214. The fourth-order valence-electron chi connectivity index (χ4n) is 2.44. The summed E-state index contributed by atoms with van der Waals surface area (Å²) in [5.74, 6) is 0. The topological polar surface area (TPSA) is 15.3 Å². The van der Waals surface area contributed by atoms with Crippen LogP contribution >= 0.6 is 22.9 Å². The van der Waals surface area contributed by atoms with E-state index in [2.05, 4.69) is 42.4 Å². The van der Waals surface area contributed by atoms with E-state index in [1.165, 1.54) is 5.56 Å². The molecule has 0 saturated carbocycles. The molecule has 0 radical (unpaired) electrons. The van der Waals surface area contributed by atoms with Gasteiger partial charge in [0.25, 0.3) is 0 Å². The summed E-state index contributed by atoms with van der Waals surface area (Å²) in [6, 6.07) is 2.54. The summed E-state index contributed by atoms with van der Waals surface area (Å²) in [5.41, 5.74) is 1.55. The van der Waals surface area contributed by atoms with Crippen LogP contribution in [-0.4, -0.2) is 30.1 Å². The number of nitrogens with one attached hydrogen (secondary N) is 1. The van der Waals surface area contributed by atoms with Gasteiger partial charge < -0.3 is 5.32 Å². The Morgan fingerprint density at radius 3 is 2.88 bits per heavy atom. The first kappa shape index (κ1) is 12.4. The molecule has 1 aromatic heterocycles. The molecule has 4 heteroatoms. The number of halogens is 1. The Kier molecular flexibility index (Phi) is 3.59. The average Bonchev–Trinajstić information content (AvgIpc) is 2.63. The first-order chi connectivity index (χ1) is 7.50. The van der Waals surface area contributed by atoms with E-state index in [4.69, 9.17) is 11.6 Å². The van der Waals surface area contributed by atoms with Gasteiger partial charge in [-0.05, 0) is 37.8 Å². The van der Waals surface area contributed by atoms with Crippen LogP contribution in [-0.2, 0) is 0 Å². The summed E-state index contributed by atoms with van der Waals surface area (Å²) in [5, 5.41) is 5.62. The van der Waals surface area contributed by atoms with Crippen molar-refractivity contribution in [3.63, 3.8) is 0 Å². The monoisotopic (exact) mass is 258 g/mol. The Bertz CT molecular complexity index is 362. The van der Waals surface area contributed by atoms with Crippen LogP contribution in [0.2, 0.25) is 4.34 Å². The summed E-state index contributed by atoms with van der Waals surface area (Å²) in [6.45, 7) is 10.1. The Labute approximate surface area is 107 Å². The van der Waals surface area contributed by atoms with Crippen LogP contribution in [0.25, 0.3) is 0 Å². The largest absolute Gasteiger partial charge is 0.314 e. The van der Waals surface area contributed by atoms with Gasteiger partial charge in [-0.15, -0.1) is 11.3 Å². The zero-order chi connectivity index (χ0) is 11.8. The van der Waals surface area contributed by atoms with E-state index in [0.29, 0.717) is 6.04 Å². The van der Waals surface area contributed by atoms with Crippen molar-refractivity contribution in [1.29, 1.82) is 0 Å². The van der Waals surface area contributed by atoms with Crippen LogP contribution in [0, 0.1) is 0 Å². The van der Waals surface area contributed by atoms with Gasteiger partial charge in [-0.3, -0.25) is 4.90 Å². The molecule has 1 unspecified atom stereocenters. The van der Waals surface area contributed by atoms with Gasteiger partial charge in [-0.1, -0.05) is 11.6 Å². The lowest BCUT2D eigenvalue weighted by Crippen LogP contribution is -2.58. The molecule has 0 spiro atoms. The van der Waals surface area contributed by atoms with Crippen LogP contribution in [0.1, 0.15) is 32.4 Å². The minimum atomic E-state index is 0.214. The fraction of sp³-hybridized carbons (Fsp3) is 0.667. The third-order valence-corrected chi connectivity index (χ3v) is 4.51. The van der Waals surface area contributed by atoms with Gasteiger partial charge in [0.1, 0.15) is 0 Å². The van der Waals surface area contributed by atoms with E-state index in [1.807, 2.05) is 0 Å². The van der Waals surface area contributed by atoms with E-state index in [9.17, 15) is 0 Å². The molecule has 2 nitrogen and oxygen atoms in total. The lowest BCUT2D eigenvalue weighted by Gasteiger charge is -2.46. The van der Waals surface area contributed by atoms with Crippen LogP contribution in [0.3, 0.4) is 0 Å². The maximum absolute atomic E-state index is 6.00. The van der Waals surface area contributed by atoms with Gasteiger partial charge in [0.2, 0.25) is 0 Å². The van der Waals surface area contributed by atoms with Crippen molar-refractivity contribution in [2.24, 2.45) is 0 Å². The minimum Gasteiger partial charge on any atom is -0.314 e. The van der Waals surface area contributed by atoms with Crippen molar-refractivity contribution in [1.82, 2.24) is 10.2 Å². The molecule has 1 aliphatic rings. The fourth-order valence-corrected chi connectivity index (χ4v) is 3.42. The molecule has 1 aromatic rings. The van der Waals surface area contributed by atoms with Crippen LogP contribution < -0.4 is 5.32 Å². The van der Waals surface area contributed by atoms with Gasteiger partial charge in [-0.2, -0.15) is 0 Å². The van der Waals surface area contributed by atoms with E-state index >= 15 is 0 Å². The molecule has 2 heterocycles. The number of nitrogens with zero attached hydrogens (tertiary/aromatic N) is 1. The molecule has 1 fully saturated rings. The lowest BCUT2D eigenvalue weighted by molar-refractivity contribution is 0.0518. The first-order valence-corrected chi connectivity index (χ1v) is 6.98. The van der Waals surface area contributed by atoms with E-state index < -0.39 is 0 Å². The summed E-state index contributed by atoms with van der Waals surface area (Å²) in [7, 11) is 0. The van der Waals surface area contributed by atoms with Gasteiger partial charge in [-0.25, -0.2) is 0 Å². The molecular formula is C12H19ClN2S. The Balaban J connectivity index is 2.17. The maximum atomic E-state index is 6.00. The molecule has 90 valence electrons. The lowest BCUT2D eigenvalue weighted by atomic mass is 9.96. The molecule has 1 N–H and O–H groups in total. The quantitative estimate of drug-likeness (QED) is 0.877. The summed E-state index contributed by atoms with van der Waals surface area (Å²) in [4.78, 5) is 2.56. The highest BCUT2D eigenvalue weighted by molar-refractivity contribution is 7.14. The van der Waals surface area contributed by atoms with E-state index in [0.717, 1.165) is 24.0 Å². The number of piperazine rings is 1. The first-order valence-electron chi connectivity index (χ1n) is 5.72. The zero-order valence-corrected chi connectivity index (χ0v) is 11.7. The highest BCUT2D eigenvalue weighted by atomic mass is 35.5. The number of hydrogen-bond donors (Lipinski definition) is 1. The predicted octanol–water partition coefficient (Wildman–Crippen LogP) is 3.15. The van der Waals surface area contributed by atoms with Crippen LogP contribution in [0.15, 0.2) is 11.4 Å². The normalized spacial score (nSPS) is 23.2. The Morgan fingerprint density at radius 1 is 1.56 bits per heavy atom. The Morgan fingerprint density at radius 2 is 2.31 bits per heavy atom. The van der Waals surface area contributed by atoms with E-state index in [1.54, 1.807) is 11.3 Å². The smallest absolute Gasteiger partial charge is 0.0931 e. The second-order valence-corrected chi connectivity index (χ2v) is 6.59. The highest BCUT2D eigenvalue weighted by Gasteiger charge is 2.33. The number of thiophene rings is 1. The maximum Gasteiger partial charge on any atom is 0.0931 e. The van der Waals surface area contributed by atoms with Crippen molar-refractivity contribution in [2.75, 3.05) is 19.6 Å². The van der Waals surface area contributed by atoms with Crippen molar-refractivity contribution in [3.05, 3.63) is 21.3 Å². The molecular weight excluding hydrogens is 240 g/mol. The molecule has 16 heavy (non-hydrogen) atoms. The molecule has 0 bridgehead atoms. The standard InChI is InChI=1S/C12H19ClN2S/c1-9(10-6-11(13)16-7-10)15-5-4-14-8-12(15,2)3/h6-7,9,14H,4-5,8H2,1-3H3. The molecule has 1 saturated heterocycles. The molecule has 1 aliphatic heterocycles. The number of hydrogen-bond acceptors (Lipinski definition) is 3. The highest BCUT2D eigenvalue weighted by Crippen LogP contribution is 2.32. The Hall–Kier alpha value is -0.0900. The summed E-state index contributed by atoms with van der Waals surface area (Å²) in [6.07, 6.45) is 0. The van der Waals surface area contributed by atoms with E-state index in [-0.39, 0.29) is 5.54 Å². The second-order valence-electron chi connectivity index (χ2n) is 5.04. The third-order valence-electron chi connectivity index (χ3n) is 3.40. The molecule has 0 aromatic carbocycles. The predicted molar refractivity (Wildman–Crippen MR) is 71.4 cm³/mol. The molecule has 2 rings (SSSR count). The SMILES string of the molecule is CC(c1csc(Cl)c1)N1CCNCC1(C)C. The van der Waals surface area contributed by atoms with Crippen molar-refractivity contribution >= 4 is 22.9 Å². The molecule has 0 aliphatic carbocycles. The van der Waals surface area contributed by atoms with Crippen LogP contribution in [0.4, 0.5) is 0 Å². The van der Waals surface area contributed by atoms with Gasteiger partial charge in [0.15, 0.2) is 0 Å². The van der Waals surface area contributed by atoms with Gasteiger partial charge in [0, 0.05) is 31.2 Å². The average molecular weight is 259 g/mol. The third kappa shape index (κ3) is 2.43. The van der Waals surface area contributed by atoms with Crippen molar-refractivity contribution in [2.45, 2.75) is 32.4 Å². The van der Waals surface area contributed by atoms with Gasteiger partial charge in [0.05, 0.1) is 4.34 Å². The second kappa shape index (κ2) is 4.65.